The first-order valence-corrected chi connectivity index (χ1v) is 10.9. The second-order valence-corrected chi connectivity index (χ2v) is 8.20. The van der Waals surface area contributed by atoms with Crippen LogP contribution in [-0.4, -0.2) is 43.5 Å². The number of amides is 2. The lowest BCUT2D eigenvalue weighted by Crippen LogP contribution is -2.28. The van der Waals surface area contributed by atoms with Gasteiger partial charge in [0.15, 0.2) is 6.61 Å². The van der Waals surface area contributed by atoms with E-state index in [0.29, 0.717) is 16.9 Å². The maximum atomic E-state index is 12.4. The van der Waals surface area contributed by atoms with Gasteiger partial charge in [-0.2, -0.15) is 0 Å². The van der Waals surface area contributed by atoms with Crippen molar-refractivity contribution in [2.75, 3.05) is 30.0 Å². The number of benzene rings is 2. The van der Waals surface area contributed by atoms with Gasteiger partial charge in [0, 0.05) is 28.8 Å². The van der Waals surface area contributed by atoms with Crippen molar-refractivity contribution in [2.45, 2.75) is 20.3 Å². The summed E-state index contributed by atoms with van der Waals surface area (Å²) in [4.78, 5) is 50.2. The van der Waals surface area contributed by atoms with Crippen molar-refractivity contribution in [3.05, 3.63) is 58.1 Å². The van der Waals surface area contributed by atoms with Crippen molar-refractivity contribution in [1.29, 1.82) is 0 Å². The van der Waals surface area contributed by atoms with Crippen LogP contribution in [0.4, 0.5) is 11.4 Å². The fraction of sp³-hybridized carbons (Fsp3) is 0.304. The number of nitrogens with one attached hydrogen (secondary N) is 1. The molecule has 0 bridgehead atoms. The predicted molar refractivity (Wildman–Crippen MR) is 121 cm³/mol. The highest BCUT2D eigenvalue weighted by Gasteiger charge is 2.36. The Morgan fingerprint density at radius 3 is 2.50 bits per heavy atom. The maximum Gasteiger partial charge on any atom is 0.338 e. The van der Waals surface area contributed by atoms with E-state index in [-0.39, 0.29) is 25.5 Å². The summed E-state index contributed by atoms with van der Waals surface area (Å²) in [6, 6.07) is 11.8. The number of carbonyl (C=O) groups is 4. The van der Waals surface area contributed by atoms with E-state index in [1.54, 1.807) is 43.3 Å². The zero-order chi connectivity index (χ0) is 23.3. The number of anilines is 2. The molecule has 2 amide bonds. The van der Waals surface area contributed by atoms with Gasteiger partial charge in [-0.1, -0.05) is 15.9 Å². The van der Waals surface area contributed by atoms with Crippen molar-refractivity contribution >= 4 is 51.1 Å². The van der Waals surface area contributed by atoms with Gasteiger partial charge >= 0.3 is 11.9 Å². The number of hydrogen-bond donors (Lipinski definition) is 1. The quantitative estimate of drug-likeness (QED) is 0.581. The summed E-state index contributed by atoms with van der Waals surface area (Å²) < 4.78 is 11.0. The molecule has 2 aromatic rings. The average Bonchev–Trinajstić information content (AvgIpc) is 3.16. The summed E-state index contributed by atoms with van der Waals surface area (Å²) in [5.41, 5.74) is 2.44. The Kier molecular flexibility index (Phi) is 7.63. The van der Waals surface area contributed by atoms with Gasteiger partial charge in [-0.15, -0.1) is 0 Å². The highest BCUT2D eigenvalue weighted by atomic mass is 79.9. The van der Waals surface area contributed by atoms with Gasteiger partial charge in [0.2, 0.25) is 5.91 Å². The molecule has 9 heteroatoms. The minimum atomic E-state index is -0.672. The first kappa shape index (κ1) is 23.5. The van der Waals surface area contributed by atoms with Gasteiger partial charge in [0.25, 0.3) is 5.91 Å². The molecule has 0 aliphatic carbocycles. The van der Waals surface area contributed by atoms with Crippen LogP contribution in [-0.2, 0) is 23.9 Å². The standard InChI is InChI=1S/C23H23BrN2O6/c1-3-31-22(29)15-4-7-18(8-5-15)26-12-16(11-21(26)28)23(30)32-13-20(27)25-19-9-6-17(24)10-14(19)2/h4-10,16H,3,11-13H2,1-2H3,(H,25,27)/t16-/m1/s1. The number of halogens is 1. The summed E-state index contributed by atoms with van der Waals surface area (Å²) in [5.74, 6) is -2.41. The zero-order valence-electron chi connectivity index (χ0n) is 17.7. The SMILES string of the molecule is CCOC(=O)c1ccc(N2C[C@H](C(=O)OCC(=O)Nc3ccc(Br)cc3C)CC2=O)cc1. The molecule has 32 heavy (non-hydrogen) atoms. The minimum Gasteiger partial charge on any atom is -0.462 e. The lowest BCUT2D eigenvalue weighted by Gasteiger charge is -2.17. The van der Waals surface area contributed by atoms with Gasteiger partial charge in [-0.25, -0.2) is 4.79 Å². The number of carbonyl (C=O) groups excluding carboxylic acids is 4. The Labute approximate surface area is 194 Å². The smallest absolute Gasteiger partial charge is 0.338 e. The first-order valence-electron chi connectivity index (χ1n) is 10.1. The van der Waals surface area contributed by atoms with E-state index >= 15 is 0 Å². The lowest BCUT2D eigenvalue weighted by molar-refractivity contribution is -0.151. The second kappa shape index (κ2) is 10.4. The van der Waals surface area contributed by atoms with Crippen LogP contribution < -0.4 is 10.2 Å². The Morgan fingerprint density at radius 2 is 1.84 bits per heavy atom. The molecule has 1 aliphatic rings. The number of hydrogen-bond acceptors (Lipinski definition) is 6. The van der Waals surface area contributed by atoms with E-state index in [4.69, 9.17) is 9.47 Å². The van der Waals surface area contributed by atoms with Crippen LogP contribution in [0.2, 0.25) is 0 Å². The van der Waals surface area contributed by atoms with E-state index in [2.05, 4.69) is 21.2 Å². The molecule has 0 spiro atoms. The number of esters is 2. The minimum absolute atomic E-state index is 0.00804. The van der Waals surface area contributed by atoms with Crippen molar-refractivity contribution in [3.8, 4) is 0 Å². The Morgan fingerprint density at radius 1 is 1.12 bits per heavy atom. The van der Waals surface area contributed by atoms with E-state index < -0.39 is 30.4 Å². The fourth-order valence-corrected chi connectivity index (χ4v) is 3.79. The van der Waals surface area contributed by atoms with Gasteiger partial charge in [0.05, 0.1) is 18.1 Å². The van der Waals surface area contributed by atoms with Crippen molar-refractivity contribution in [1.82, 2.24) is 0 Å². The predicted octanol–water partition coefficient (Wildman–Crippen LogP) is 3.47. The third-order valence-corrected chi connectivity index (χ3v) is 5.45. The van der Waals surface area contributed by atoms with Crippen molar-refractivity contribution < 1.29 is 28.7 Å². The molecule has 1 N–H and O–H groups in total. The van der Waals surface area contributed by atoms with Crippen LogP contribution in [0.25, 0.3) is 0 Å². The molecule has 8 nitrogen and oxygen atoms in total. The lowest BCUT2D eigenvalue weighted by atomic mass is 10.1. The van der Waals surface area contributed by atoms with Gasteiger partial charge < -0.3 is 19.7 Å². The van der Waals surface area contributed by atoms with Gasteiger partial charge in [-0.05, 0) is 61.9 Å². The van der Waals surface area contributed by atoms with Crippen LogP contribution in [0, 0.1) is 12.8 Å². The van der Waals surface area contributed by atoms with E-state index in [9.17, 15) is 19.2 Å². The molecule has 1 atom stereocenters. The third kappa shape index (κ3) is 5.73. The molecular weight excluding hydrogens is 480 g/mol. The van der Waals surface area contributed by atoms with Crippen LogP contribution in [0.1, 0.15) is 29.3 Å². The molecule has 1 aliphatic heterocycles. The average molecular weight is 503 g/mol. The molecule has 0 radical (unpaired) electrons. The molecule has 1 heterocycles. The monoisotopic (exact) mass is 502 g/mol. The summed E-state index contributed by atoms with van der Waals surface area (Å²) in [7, 11) is 0. The van der Waals surface area contributed by atoms with E-state index in [1.807, 2.05) is 13.0 Å². The highest BCUT2D eigenvalue weighted by molar-refractivity contribution is 9.10. The van der Waals surface area contributed by atoms with E-state index in [0.717, 1.165) is 10.0 Å². The van der Waals surface area contributed by atoms with Crippen LogP contribution >= 0.6 is 15.9 Å². The van der Waals surface area contributed by atoms with Crippen molar-refractivity contribution in [3.63, 3.8) is 0 Å². The molecule has 3 rings (SSSR count). The van der Waals surface area contributed by atoms with Crippen LogP contribution in [0.3, 0.4) is 0 Å². The summed E-state index contributed by atoms with van der Waals surface area (Å²) in [5, 5.41) is 2.70. The Hall–Kier alpha value is -3.20. The summed E-state index contributed by atoms with van der Waals surface area (Å²) >= 11 is 3.36. The topological polar surface area (TPSA) is 102 Å². The normalized spacial score (nSPS) is 15.4. The molecule has 0 unspecified atom stereocenters. The molecule has 1 saturated heterocycles. The number of nitrogens with zero attached hydrogens (tertiary/aromatic N) is 1. The molecule has 0 aromatic heterocycles. The van der Waals surface area contributed by atoms with E-state index in [1.165, 1.54) is 4.90 Å². The molecule has 0 saturated carbocycles. The molecule has 1 fully saturated rings. The molecular formula is C23H23BrN2O6. The molecule has 2 aromatic carbocycles. The highest BCUT2D eigenvalue weighted by Crippen LogP contribution is 2.26. The van der Waals surface area contributed by atoms with Crippen molar-refractivity contribution in [2.24, 2.45) is 5.92 Å². The third-order valence-electron chi connectivity index (χ3n) is 4.96. The summed E-state index contributed by atoms with van der Waals surface area (Å²) in [6.07, 6.45) is -0.00804. The van der Waals surface area contributed by atoms with Gasteiger partial charge in [0.1, 0.15) is 0 Å². The number of ether oxygens (including phenoxy) is 2. The largest absolute Gasteiger partial charge is 0.462 e. The second-order valence-electron chi connectivity index (χ2n) is 7.29. The first-order chi connectivity index (χ1) is 15.3. The Balaban J connectivity index is 1.53. The maximum absolute atomic E-state index is 12.4. The summed E-state index contributed by atoms with van der Waals surface area (Å²) in [6.45, 7) is 3.55. The van der Waals surface area contributed by atoms with Crippen LogP contribution in [0.5, 0.6) is 0 Å². The van der Waals surface area contributed by atoms with Crippen LogP contribution in [0.15, 0.2) is 46.9 Å². The number of aryl methyl sites for hydroxylation is 1. The van der Waals surface area contributed by atoms with Gasteiger partial charge in [-0.3, -0.25) is 14.4 Å². The molecule has 168 valence electrons. The number of rotatable bonds is 7. The zero-order valence-corrected chi connectivity index (χ0v) is 19.3. The fourth-order valence-electron chi connectivity index (χ4n) is 3.32. The Bertz CT molecular complexity index is 1040.